The van der Waals surface area contributed by atoms with Crippen molar-refractivity contribution >= 4 is 39.7 Å². The Hall–Kier alpha value is -3.54. The van der Waals surface area contributed by atoms with Crippen LogP contribution in [0.15, 0.2) is 114 Å². The summed E-state index contributed by atoms with van der Waals surface area (Å²) in [5, 5.41) is 38.1. The van der Waals surface area contributed by atoms with E-state index in [-0.39, 0.29) is 0 Å². The molecule has 0 saturated heterocycles. The second-order valence-corrected chi connectivity index (χ2v) is 11.9. The van der Waals surface area contributed by atoms with Crippen LogP contribution in [-0.4, -0.2) is 33.1 Å². The van der Waals surface area contributed by atoms with Crippen LogP contribution in [0.3, 0.4) is 0 Å². The molecule has 0 saturated carbocycles. The van der Waals surface area contributed by atoms with Crippen LogP contribution < -0.4 is 0 Å². The molecule has 6 atom stereocenters. The number of hydrogen-bond acceptors (Lipinski definition) is 3. The second-order valence-electron chi connectivity index (χ2n) is 11.0. The van der Waals surface area contributed by atoms with Gasteiger partial charge in [-0.1, -0.05) is 137 Å². The summed E-state index contributed by atoms with van der Waals surface area (Å²) in [5.41, 5.74) is 5.61. The van der Waals surface area contributed by atoms with Gasteiger partial charge in [-0.3, -0.25) is 0 Å². The fraction of sp³-hybridized carbons (Fsp3) is 0.167. The number of aliphatic hydroxyl groups excluding tert-OH is 2. The molecule has 3 aliphatic rings. The topological polar surface area (TPSA) is 60.7 Å². The largest absolute Gasteiger partial charge is 0.389 e. The van der Waals surface area contributed by atoms with Gasteiger partial charge in [0.05, 0.1) is 12.2 Å². The van der Waals surface area contributed by atoms with Crippen LogP contribution in [0.2, 0.25) is 0 Å². The third-order valence-electron chi connectivity index (χ3n) is 8.86. The fourth-order valence-corrected chi connectivity index (χ4v) is 7.70. The van der Waals surface area contributed by atoms with Gasteiger partial charge < -0.3 is 15.3 Å². The van der Waals surface area contributed by atoms with Crippen LogP contribution in [-0.2, 0) is 0 Å². The maximum Gasteiger partial charge on any atom is 0.129 e. The number of rotatable bonds is 6. The first kappa shape index (κ1) is 25.4. The van der Waals surface area contributed by atoms with Gasteiger partial charge in [-0.05, 0) is 50.6 Å². The maximum atomic E-state index is 13.2. The highest BCUT2D eigenvalue weighted by molar-refractivity contribution is 9.11. The molecule has 0 aromatic heterocycles. The Labute approximate surface area is 242 Å². The summed E-state index contributed by atoms with van der Waals surface area (Å²) in [7, 11) is 0. The summed E-state index contributed by atoms with van der Waals surface area (Å²) in [4.78, 5) is 0. The zero-order chi connectivity index (χ0) is 27.4. The molecule has 0 fully saturated rings. The van der Waals surface area contributed by atoms with Crippen molar-refractivity contribution < 1.29 is 15.3 Å². The molecule has 4 aromatic rings. The lowest BCUT2D eigenvalue weighted by molar-refractivity contribution is -0.159. The SMILES string of the molecule is OC(C1C=Cc2ccccc21)C(O)(C1C(c2ccccc2)=Cc2ccccc21)C(O)C1C(Br)=Cc2ccccc21. The van der Waals surface area contributed by atoms with Crippen molar-refractivity contribution in [3.05, 3.63) is 153 Å². The third-order valence-corrected chi connectivity index (χ3v) is 9.58. The van der Waals surface area contributed by atoms with E-state index in [1.807, 2.05) is 121 Å². The summed E-state index contributed by atoms with van der Waals surface area (Å²) in [6, 6.07) is 33.8. The van der Waals surface area contributed by atoms with E-state index in [0.29, 0.717) is 0 Å². The van der Waals surface area contributed by atoms with Crippen LogP contribution in [0.5, 0.6) is 0 Å². The van der Waals surface area contributed by atoms with Gasteiger partial charge in [0.2, 0.25) is 0 Å². The summed E-state index contributed by atoms with van der Waals surface area (Å²) in [5.74, 6) is -1.70. The summed E-state index contributed by atoms with van der Waals surface area (Å²) in [6.45, 7) is 0. The Kier molecular flexibility index (Phi) is 6.25. The zero-order valence-corrected chi connectivity index (χ0v) is 23.3. The van der Waals surface area contributed by atoms with E-state index >= 15 is 0 Å². The normalized spacial score (nSPS) is 23.4. The van der Waals surface area contributed by atoms with E-state index in [1.54, 1.807) is 0 Å². The quantitative estimate of drug-likeness (QED) is 0.225. The lowest BCUT2D eigenvalue weighted by atomic mass is 9.65. The van der Waals surface area contributed by atoms with Gasteiger partial charge in [0, 0.05) is 22.2 Å². The van der Waals surface area contributed by atoms with E-state index in [4.69, 9.17) is 0 Å². The van der Waals surface area contributed by atoms with Gasteiger partial charge in [-0.2, -0.15) is 0 Å². The molecule has 4 aromatic carbocycles. The lowest BCUT2D eigenvalue weighted by Gasteiger charge is -2.47. The van der Waals surface area contributed by atoms with Crippen molar-refractivity contribution in [2.45, 2.75) is 35.6 Å². The predicted molar refractivity (Wildman–Crippen MR) is 165 cm³/mol. The third kappa shape index (κ3) is 3.82. The minimum Gasteiger partial charge on any atom is -0.389 e. The first-order valence-electron chi connectivity index (χ1n) is 13.7. The van der Waals surface area contributed by atoms with Crippen LogP contribution in [0, 0.1) is 0 Å². The minimum absolute atomic E-state index is 0.486. The van der Waals surface area contributed by atoms with Crippen LogP contribution in [0.25, 0.3) is 23.8 Å². The molecule has 40 heavy (non-hydrogen) atoms. The smallest absolute Gasteiger partial charge is 0.129 e. The molecule has 198 valence electrons. The molecule has 0 amide bonds. The predicted octanol–water partition coefficient (Wildman–Crippen LogP) is 7.12. The van der Waals surface area contributed by atoms with Gasteiger partial charge in [-0.25, -0.2) is 0 Å². The fourth-order valence-electron chi connectivity index (χ4n) is 6.96. The molecule has 0 spiro atoms. The molecule has 4 heteroatoms. The minimum atomic E-state index is -1.96. The van der Waals surface area contributed by atoms with Crippen molar-refractivity contribution in [1.29, 1.82) is 0 Å². The molecule has 7 rings (SSSR count). The van der Waals surface area contributed by atoms with E-state index in [2.05, 4.69) is 22.0 Å². The van der Waals surface area contributed by atoms with Crippen LogP contribution in [0.4, 0.5) is 0 Å². The lowest BCUT2D eigenvalue weighted by Crippen LogP contribution is -2.59. The van der Waals surface area contributed by atoms with Gasteiger partial charge in [0.15, 0.2) is 0 Å². The monoisotopic (exact) mass is 588 g/mol. The van der Waals surface area contributed by atoms with Gasteiger partial charge in [0.25, 0.3) is 0 Å². The molecule has 6 unspecified atom stereocenters. The summed E-state index contributed by atoms with van der Waals surface area (Å²) < 4.78 is 0.783. The van der Waals surface area contributed by atoms with Gasteiger partial charge >= 0.3 is 0 Å². The van der Waals surface area contributed by atoms with Crippen LogP contribution in [0.1, 0.15) is 56.7 Å². The highest BCUT2D eigenvalue weighted by Gasteiger charge is 2.58. The molecule has 3 aliphatic carbocycles. The second kappa shape index (κ2) is 9.83. The Bertz CT molecular complexity index is 1690. The number of aliphatic hydroxyl groups is 3. The average molecular weight is 590 g/mol. The van der Waals surface area contributed by atoms with E-state index in [0.717, 1.165) is 49.0 Å². The molecule has 3 nitrogen and oxygen atoms in total. The maximum absolute atomic E-state index is 13.2. The van der Waals surface area contributed by atoms with E-state index in [9.17, 15) is 15.3 Å². The van der Waals surface area contributed by atoms with Crippen molar-refractivity contribution in [2.75, 3.05) is 0 Å². The average Bonchev–Trinajstić information content (AvgIpc) is 3.69. The van der Waals surface area contributed by atoms with Crippen molar-refractivity contribution in [2.24, 2.45) is 0 Å². The van der Waals surface area contributed by atoms with Gasteiger partial charge in [-0.15, -0.1) is 0 Å². The number of hydrogen-bond donors (Lipinski definition) is 3. The van der Waals surface area contributed by atoms with E-state index < -0.39 is 35.6 Å². The Morgan fingerprint density at radius 2 is 1.20 bits per heavy atom. The van der Waals surface area contributed by atoms with Crippen molar-refractivity contribution in [3.63, 3.8) is 0 Å². The molecule has 3 N–H and O–H groups in total. The number of benzene rings is 4. The van der Waals surface area contributed by atoms with Crippen molar-refractivity contribution in [3.8, 4) is 0 Å². The molecular weight excluding hydrogens is 560 g/mol. The molecule has 0 bridgehead atoms. The molecular formula is C36H29BrO3. The van der Waals surface area contributed by atoms with E-state index in [1.165, 1.54) is 0 Å². The highest BCUT2D eigenvalue weighted by atomic mass is 79.9. The first-order valence-corrected chi connectivity index (χ1v) is 14.5. The number of fused-ring (bicyclic) bond motifs is 3. The molecule has 0 heterocycles. The highest BCUT2D eigenvalue weighted by Crippen LogP contribution is 2.56. The number of halogens is 1. The standard InChI is InChI=1S/C36H29BrO3/c37-31-21-25-14-5-8-16-27(25)32(31)35(39)36(40,34(38)29-19-18-23-12-4-7-15-26(23)29)33-28-17-9-6-13-24(28)20-30(33)22-10-2-1-3-11-22/h1-21,29,32-35,38-40H. The summed E-state index contributed by atoms with van der Waals surface area (Å²) in [6.07, 6.45) is 5.39. The van der Waals surface area contributed by atoms with Crippen molar-refractivity contribution in [1.82, 2.24) is 0 Å². The Morgan fingerprint density at radius 3 is 1.93 bits per heavy atom. The molecule has 0 aliphatic heterocycles. The molecule has 0 radical (unpaired) electrons. The Balaban J connectivity index is 1.44. The first-order chi connectivity index (χ1) is 19.5. The van der Waals surface area contributed by atoms with Crippen LogP contribution >= 0.6 is 15.9 Å². The Morgan fingerprint density at radius 1 is 0.625 bits per heavy atom. The van der Waals surface area contributed by atoms with Gasteiger partial charge in [0.1, 0.15) is 5.60 Å². The zero-order valence-electron chi connectivity index (χ0n) is 21.7. The summed E-state index contributed by atoms with van der Waals surface area (Å²) >= 11 is 3.72.